The van der Waals surface area contributed by atoms with Gasteiger partial charge in [-0.25, -0.2) is 9.78 Å². The van der Waals surface area contributed by atoms with Gasteiger partial charge in [-0.3, -0.25) is 14.9 Å². The quantitative estimate of drug-likeness (QED) is 0.442. The number of rotatable bonds is 6. The molecular weight excluding hydrogens is 435 g/mol. The predicted molar refractivity (Wildman–Crippen MR) is 103 cm³/mol. The lowest BCUT2D eigenvalue weighted by molar-refractivity contribution is -0.192. The van der Waals surface area contributed by atoms with Gasteiger partial charge in [-0.05, 0) is 29.8 Å². The molecule has 0 bridgehead atoms. The second-order valence-corrected chi connectivity index (χ2v) is 6.04. The van der Waals surface area contributed by atoms with Crippen molar-refractivity contribution in [3.63, 3.8) is 0 Å². The Kier molecular flexibility index (Phi) is 8.24. The number of aromatic amines is 1. The number of ether oxygens (including phenoxy) is 1. The van der Waals surface area contributed by atoms with Crippen molar-refractivity contribution in [3.8, 4) is 17.1 Å². The zero-order valence-electron chi connectivity index (χ0n) is 16.5. The Morgan fingerprint density at radius 1 is 1.16 bits per heavy atom. The number of aliphatic hydroxyl groups excluding tert-OH is 1. The van der Waals surface area contributed by atoms with E-state index in [2.05, 4.69) is 25.5 Å². The highest BCUT2D eigenvalue weighted by Crippen LogP contribution is 2.18. The molecular formula is C19H18F3N5O5. The summed E-state index contributed by atoms with van der Waals surface area (Å²) in [7, 11) is 1.55. The number of aliphatic carboxylic acids is 1. The van der Waals surface area contributed by atoms with Gasteiger partial charge in [0.1, 0.15) is 11.6 Å². The van der Waals surface area contributed by atoms with Crippen molar-refractivity contribution in [1.82, 2.24) is 25.5 Å². The average Bonchev–Trinajstić information content (AvgIpc) is 3.26. The Bertz CT molecular complexity index is 1030. The number of aromatic nitrogens is 4. The van der Waals surface area contributed by atoms with Gasteiger partial charge in [0, 0.05) is 18.0 Å². The molecule has 2 aromatic heterocycles. The third kappa shape index (κ3) is 7.05. The zero-order chi connectivity index (χ0) is 23.7. The minimum absolute atomic E-state index is 0.129. The first-order valence-electron chi connectivity index (χ1n) is 8.83. The Morgan fingerprint density at radius 3 is 2.28 bits per heavy atom. The molecule has 3 rings (SSSR count). The molecule has 170 valence electrons. The molecule has 1 aromatic carbocycles. The molecule has 1 atom stereocenters. The topological polar surface area (TPSA) is 150 Å². The van der Waals surface area contributed by atoms with E-state index >= 15 is 0 Å². The van der Waals surface area contributed by atoms with Crippen molar-refractivity contribution in [1.29, 1.82) is 0 Å². The predicted octanol–water partition coefficient (Wildman–Crippen LogP) is 1.86. The van der Waals surface area contributed by atoms with Crippen LogP contribution in [0.1, 0.15) is 17.5 Å². The fourth-order valence-corrected chi connectivity index (χ4v) is 2.21. The number of carboxylic acid groups (broad SMARTS) is 1. The number of pyridine rings is 1. The van der Waals surface area contributed by atoms with Gasteiger partial charge < -0.3 is 20.3 Å². The third-order valence-electron chi connectivity index (χ3n) is 3.82. The maximum atomic E-state index is 12.1. The monoisotopic (exact) mass is 453 g/mol. The number of hydrogen-bond acceptors (Lipinski definition) is 7. The fraction of sp³-hybridized carbons (Fsp3) is 0.211. The van der Waals surface area contributed by atoms with Crippen LogP contribution in [0, 0.1) is 0 Å². The number of carbonyl (C=O) groups is 2. The molecule has 1 amide bonds. The molecule has 0 saturated heterocycles. The molecule has 2 heterocycles. The van der Waals surface area contributed by atoms with Gasteiger partial charge in [0.25, 0.3) is 5.91 Å². The molecule has 0 aliphatic carbocycles. The van der Waals surface area contributed by atoms with Crippen molar-refractivity contribution >= 4 is 11.9 Å². The van der Waals surface area contributed by atoms with Crippen molar-refractivity contribution < 1.29 is 37.7 Å². The van der Waals surface area contributed by atoms with E-state index in [1.54, 1.807) is 55.9 Å². The molecule has 1 unspecified atom stereocenters. The Morgan fingerprint density at radius 2 is 1.75 bits per heavy atom. The van der Waals surface area contributed by atoms with E-state index in [0.29, 0.717) is 23.0 Å². The van der Waals surface area contributed by atoms with E-state index in [1.807, 2.05) is 0 Å². The Balaban J connectivity index is 0.000000451. The van der Waals surface area contributed by atoms with Crippen molar-refractivity contribution in [2.75, 3.05) is 7.11 Å². The molecule has 0 aliphatic heterocycles. The van der Waals surface area contributed by atoms with E-state index in [1.165, 1.54) is 0 Å². The Hall–Kier alpha value is -4.00. The van der Waals surface area contributed by atoms with Crippen LogP contribution in [0.3, 0.4) is 0 Å². The molecule has 0 spiro atoms. The molecule has 13 heteroatoms. The van der Waals surface area contributed by atoms with E-state index in [4.69, 9.17) is 14.6 Å². The number of halogens is 3. The first-order valence-corrected chi connectivity index (χ1v) is 8.83. The van der Waals surface area contributed by atoms with Crippen LogP contribution in [0.4, 0.5) is 13.2 Å². The van der Waals surface area contributed by atoms with Crippen molar-refractivity contribution in [2.45, 2.75) is 18.8 Å². The number of alkyl halides is 3. The van der Waals surface area contributed by atoms with Gasteiger partial charge in [-0.15, -0.1) is 0 Å². The van der Waals surface area contributed by atoms with Crippen LogP contribution in [-0.4, -0.2) is 55.5 Å². The number of H-pyrrole nitrogens is 1. The number of benzene rings is 1. The van der Waals surface area contributed by atoms with E-state index < -0.39 is 24.2 Å². The largest absolute Gasteiger partial charge is 0.497 e. The third-order valence-corrected chi connectivity index (χ3v) is 3.82. The van der Waals surface area contributed by atoms with E-state index in [-0.39, 0.29) is 6.54 Å². The standard InChI is InChI=1S/C17H17N5O3.C2HF3O2/c1-25-13-4-2-11(3-5-13)15(23)17(24)19-10-14-20-16(22-21-14)12-6-8-18-9-7-12;3-2(4,5)1(6)7/h2-9,15,23H,10H2,1H3,(H,19,24)(H,20,21,22);(H,6,7). The number of nitrogens with one attached hydrogen (secondary N) is 2. The number of hydrogen-bond donors (Lipinski definition) is 4. The van der Waals surface area contributed by atoms with Crippen LogP contribution in [0.5, 0.6) is 5.75 Å². The number of carbonyl (C=O) groups excluding carboxylic acids is 1. The Labute approximate surface area is 179 Å². The van der Waals surface area contributed by atoms with Gasteiger partial charge >= 0.3 is 12.1 Å². The molecule has 0 saturated carbocycles. The maximum absolute atomic E-state index is 12.1. The van der Waals surface area contributed by atoms with Gasteiger partial charge in [0.05, 0.1) is 13.7 Å². The lowest BCUT2D eigenvalue weighted by Crippen LogP contribution is -2.29. The molecule has 0 radical (unpaired) electrons. The van der Waals surface area contributed by atoms with Crippen LogP contribution in [0.2, 0.25) is 0 Å². The number of nitrogens with zero attached hydrogens (tertiary/aromatic N) is 3. The molecule has 4 N–H and O–H groups in total. The lowest BCUT2D eigenvalue weighted by atomic mass is 10.1. The van der Waals surface area contributed by atoms with Crippen LogP contribution in [-0.2, 0) is 16.1 Å². The van der Waals surface area contributed by atoms with Crippen LogP contribution < -0.4 is 10.1 Å². The van der Waals surface area contributed by atoms with Crippen molar-refractivity contribution in [3.05, 3.63) is 60.2 Å². The van der Waals surface area contributed by atoms with E-state index in [0.717, 1.165) is 5.56 Å². The summed E-state index contributed by atoms with van der Waals surface area (Å²) in [6, 6.07) is 10.2. The van der Waals surface area contributed by atoms with Crippen LogP contribution >= 0.6 is 0 Å². The highest BCUT2D eigenvalue weighted by molar-refractivity contribution is 5.81. The summed E-state index contributed by atoms with van der Waals surface area (Å²) in [4.78, 5) is 29.2. The smallest absolute Gasteiger partial charge is 0.490 e. The highest BCUT2D eigenvalue weighted by atomic mass is 19.4. The number of methoxy groups -OCH3 is 1. The first kappa shape index (κ1) is 24.3. The van der Waals surface area contributed by atoms with Gasteiger partial charge in [-0.1, -0.05) is 12.1 Å². The van der Waals surface area contributed by atoms with Crippen LogP contribution in [0.25, 0.3) is 11.4 Å². The number of carboxylic acids is 1. The highest BCUT2D eigenvalue weighted by Gasteiger charge is 2.38. The average molecular weight is 453 g/mol. The summed E-state index contributed by atoms with van der Waals surface area (Å²) in [6.07, 6.45) is -3.05. The minimum atomic E-state index is -5.08. The normalized spacial score (nSPS) is 11.7. The second kappa shape index (κ2) is 10.9. The molecule has 0 aliphatic rings. The fourth-order valence-electron chi connectivity index (χ4n) is 2.21. The van der Waals surface area contributed by atoms with Crippen LogP contribution in [0.15, 0.2) is 48.8 Å². The molecule has 0 fully saturated rings. The summed E-state index contributed by atoms with van der Waals surface area (Å²) in [6.45, 7) is 0.129. The first-order chi connectivity index (χ1) is 15.1. The molecule has 3 aromatic rings. The summed E-state index contributed by atoms with van der Waals surface area (Å²) in [5.74, 6) is -1.62. The van der Waals surface area contributed by atoms with Gasteiger partial charge in [-0.2, -0.15) is 18.3 Å². The molecule has 32 heavy (non-hydrogen) atoms. The second-order valence-electron chi connectivity index (χ2n) is 6.04. The van der Waals surface area contributed by atoms with Crippen molar-refractivity contribution in [2.24, 2.45) is 0 Å². The lowest BCUT2D eigenvalue weighted by Gasteiger charge is -2.11. The summed E-state index contributed by atoms with van der Waals surface area (Å²) in [5.41, 5.74) is 1.30. The maximum Gasteiger partial charge on any atom is 0.490 e. The summed E-state index contributed by atoms with van der Waals surface area (Å²) in [5, 5.41) is 26.7. The number of amides is 1. The zero-order valence-corrected chi connectivity index (χ0v) is 16.5. The molecule has 10 nitrogen and oxygen atoms in total. The summed E-state index contributed by atoms with van der Waals surface area (Å²) >= 11 is 0. The van der Waals surface area contributed by atoms with Gasteiger partial charge in [0.15, 0.2) is 11.9 Å². The number of aliphatic hydroxyl groups is 1. The SMILES string of the molecule is COc1ccc(C(O)C(=O)NCc2nc(-c3ccncc3)n[nH]2)cc1.O=C(O)C(F)(F)F. The minimum Gasteiger partial charge on any atom is -0.497 e. The summed E-state index contributed by atoms with van der Waals surface area (Å²) < 4.78 is 36.8. The van der Waals surface area contributed by atoms with Gasteiger partial charge in [0.2, 0.25) is 0 Å². The van der Waals surface area contributed by atoms with E-state index in [9.17, 15) is 23.1 Å².